The molecule has 2 aromatic rings. The van der Waals surface area contributed by atoms with Crippen LogP contribution < -0.4 is 16.3 Å². The molecule has 9 heteroatoms. The van der Waals surface area contributed by atoms with Crippen LogP contribution in [-0.2, 0) is 27.9 Å². The second-order valence-corrected chi connectivity index (χ2v) is 9.97. The summed E-state index contributed by atoms with van der Waals surface area (Å²) in [4.78, 5) is 39.6. The second-order valence-electron chi connectivity index (χ2n) is 9.97. The highest BCUT2D eigenvalue weighted by Crippen LogP contribution is 2.27. The van der Waals surface area contributed by atoms with Crippen molar-refractivity contribution < 1.29 is 14.3 Å². The number of nitrogens with one attached hydrogen (secondary N) is 2. The van der Waals surface area contributed by atoms with E-state index >= 15 is 0 Å². The van der Waals surface area contributed by atoms with E-state index in [0.717, 1.165) is 81.6 Å². The zero-order valence-electron chi connectivity index (χ0n) is 19.9. The lowest BCUT2D eigenvalue weighted by Crippen LogP contribution is -2.44. The molecule has 3 aliphatic heterocycles. The van der Waals surface area contributed by atoms with Crippen molar-refractivity contribution in [3.63, 3.8) is 0 Å². The molecule has 0 bridgehead atoms. The number of benzene rings is 1. The average Bonchev–Trinajstić information content (AvgIpc) is 3.10. The summed E-state index contributed by atoms with van der Waals surface area (Å²) in [7, 11) is 1.76. The number of imidazole rings is 1. The molecular weight excluding hydrogens is 434 g/mol. The first-order valence-electron chi connectivity index (χ1n) is 12.6. The van der Waals surface area contributed by atoms with Crippen LogP contribution in [0.2, 0.25) is 0 Å². The van der Waals surface area contributed by atoms with Gasteiger partial charge in [0.1, 0.15) is 6.04 Å². The van der Waals surface area contributed by atoms with Crippen LogP contribution in [0.1, 0.15) is 50.1 Å². The molecule has 34 heavy (non-hydrogen) atoms. The van der Waals surface area contributed by atoms with Crippen LogP contribution >= 0.6 is 0 Å². The van der Waals surface area contributed by atoms with E-state index in [1.807, 2.05) is 12.1 Å². The van der Waals surface area contributed by atoms with Crippen LogP contribution in [0.4, 0.5) is 0 Å². The lowest BCUT2D eigenvalue weighted by molar-refractivity contribution is -0.135. The second kappa shape index (κ2) is 10.0. The van der Waals surface area contributed by atoms with Gasteiger partial charge in [-0.05, 0) is 75.8 Å². The number of aryl methyl sites for hydroxylation is 1. The van der Waals surface area contributed by atoms with Crippen LogP contribution in [0.25, 0.3) is 11.0 Å². The van der Waals surface area contributed by atoms with Crippen molar-refractivity contribution in [2.45, 2.75) is 57.2 Å². The lowest BCUT2D eigenvalue weighted by Gasteiger charge is -2.33. The zero-order valence-corrected chi connectivity index (χ0v) is 19.9. The Labute approximate surface area is 199 Å². The van der Waals surface area contributed by atoms with Crippen LogP contribution in [-0.4, -0.2) is 64.7 Å². The molecule has 3 saturated heterocycles. The first kappa shape index (κ1) is 23.3. The molecule has 2 N–H and O–H groups in total. The summed E-state index contributed by atoms with van der Waals surface area (Å²) in [5.74, 6) is -0.0651. The molecule has 1 unspecified atom stereocenters. The summed E-state index contributed by atoms with van der Waals surface area (Å²) < 4.78 is 9.39. The Morgan fingerprint density at radius 2 is 1.79 bits per heavy atom. The lowest BCUT2D eigenvalue weighted by atomic mass is 9.97. The molecule has 1 aromatic heterocycles. The van der Waals surface area contributed by atoms with Crippen molar-refractivity contribution >= 4 is 22.8 Å². The number of likely N-dealkylation sites (tertiary alicyclic amines) is 1. The van der Waals surface area contributed by atoms with Crippen molar-refractivity contribution in [2.75, 3.05) is 32.8 Å². The maximum absolute atomic E-state index is 13.1. The number of aromatic nitrogens is 2. The molecule has 2 amide bonds. The summed E-state index contributed by atoms with van der Waals surface area (Å²) in [6, 6.07) is 5.27. The SMILES string of the molecule is Cn1c(=O)n(C2CCC(=O)NC2=O)c2cccc(CN3CCC(COC4CCNCC4)CC3)c21. The molecule has 9 nitrogen and oxygen atoms in total. The van der Waals surface area contributed by atoms with Gasteiger partial charge in [-0.2, -0.15) is 0 Å². The van der Waals surface area contributed by atoms with Gasteiger partial charge in [0.15, 0.2) is 0 Å². The first-order chi connectivity index (χ1) is 16.5. The van der Waals surface area contributed by atoms with Crippen molar-refractivity contribution in [2.24, 2.45) is 13.0 Å². The predicted octanol–water partition coefficient (Wildman–Crippen LogP) is 1.30. The number of piperidine rings is 3. The molecule has 4 heterocycles. The van der Waals surface area contributed by atoms with Crippen LogP contribution in [0.3, 0.4) is 0 Å². The third kappa shape index (κ3) is 4.69. The maximum Gasteiger partial charge on any atom is 0.329 e. The number of carbonyl (C=O) groups excluding carboxylic acids is 2. The number of hydrogen-bond donors (Lipinski definition) is 2. The van der Waals surface area contributed by atoms with Gasteiger partial charge in [0, 0.05) is 26.6 Å². The number of rotatable bonds is 6. The molecule has 0 radical (unpaired) electrons. The molecule has 0 spiro atoms. The minimum atomic E-state index is -0.653. The maximum atomic E-state index is 13.1. The van der Waals surface area contributed by atoms with Gasteiger partial charge in [-0.15, -0.1) is 0 Å². The molecule has 1 atom stereocenters. The molecule has 0 aliphatic carbocycles. The van der Waals surface area contributed by atoms with Gasteiger partial charge in [0.05, 0.1) is 17.1 Å². The van der Waals surface area contributed by atoms with E-state index in [-0.39, 0.29) is 18.0 Å². The fourth-order valence-electron chi connectivity index (χ4n) is 5.66. The summed E-state index contributed by atoms with van der Waals surface area (Å²) in [5, 5.41) is 5.76. The zero-order chi connectivity index (χ0) is 23.7. The Morgan fingerprint density at radius 1 is 1.03 bits per heavy atom. The van der Waals surface area contributed by atoms with Crippen molar-refractivity contribution in [1.82, 2.24) is 24.7 Å². The van der Waals surface area contributed by atoms with E-state index in [2.05, 4.69) is 21.6 Å². The van der Waals surface area contributed by atoms with Crippen molar-refractivity contribution in [3.05, 3.63) is 34.2 Å². The minimum absolute atomic E-state index is 0.217. The monoisotopic (exact) mass is 469 g/mol. The summed E-state index contributed by atoms with van der Waals surface area (Å²) in [6.45, 7) is 5.77. The topological polar surface area (TPSA) is 97.6 Å². The van der Waals surface area contributed by atoms with Gasteiger partial charge in [-0.1, -0.05) is 12.1 Å². The number of carbonyl (C=O) groups is 2. The van der Waals surface area contributed by atoms with E-state index < -0.39 is 11.9 Å². The standard InChI is InChI=1S/C25H35N5O4/c1-28-23-18(15-29-13-9-17(10-14-29)16-34-19-7-11-26-12-8-19)3-2-4-20(23)30(25(28)33)21-5-6-22(31)27-24(21)32/h2-4,17,19,21,26H,5-16H2,1H3,(H,27,31,32). The molecule has 5 rings (SSSR count). The minimum Gasteiger partial charge on any atom is -0.378 e. The molecule has 3 aliphatic rings. The molecule has 0 saturated carbocycles. The fourth-order valence-corrected chi connectivity index (χ4v) is 5.66. The molecule has 184 valence electrons. The number of hydrogen-bond acceptors (Lipinski definition) is 6. The third-order valence-corrected chi connectivity index (χ3v) is 7.66. The Morgan fingerprint density at radius 3 is 2.53 bits per heavy atom. The summed E-state index contributed by atoms with van der Waals surface area (Å²) in [5.41, 5.74) is 2.50. The third-order valence-electron chi connectivity index (χ3n) is 7.66. The Hall–Kier alpha value is -2.49. The fraction of sp³-hybridized carbons (Fsp3) is 0.640. The smallest absolute Gasteiger partial charge is 0.329 e. The number of para-hydroxylation sites is 1. The number of nitrogens with zero attached hydrogens (tertiary/aromatic N) is 3. The largest absolute Gasteiger partial charge is 0.378 e. The number of ether oxygens (including phenoxy) is 1. The molecule has 1 aromatic carbocycles. The van der Waals surface area contributed by atoms with Gasteiger partial charge in [0.25, 0.3) is 0 Å². The first-order valence-corrected chi connectivity index (χ1v) is 12.6. The van der Waals surface area contributed by atoms with E-state index in [9.17, 15) is 14.4 Å². The summed E-state index contributed by atoms with van der Waals surface area (Å²) in [6.07, 6.45) is 5.47. The highest BCUT2D eigenvalue weighted by atomic mass is 16.5. The average molecular weight is 470 g/mol. The highest BCUT2D eigenvalue weighted by Gasteiger charge is 2.32. The van der Waals surface area contributed by atoms with E-state index in [1.165, 1.54) is 0 Å². The van der Waals surface area contributed by atoms with Crippen LogP contribution in [0.5, 0.6) is 0 Å². The Kier molecular flexibility index (Phi) is 6.85. The predicted molar refractivity (Wildman–Crippen MR) is 128 cm³/mol. The van der Waals surface area contributed by atoms with Gasteiger partial charge in [0.2, 0.25) is 11.8 Å². The molecular formula is C25H35N5O4. The molecule has 3 fully saturated rings. The van der Waals surface area contributed by atoms with Crippen LogP contribution in [0.15, 0.2) is 23.0 Å². The van der Waals surface area contributed by atoms with Crippen molar-refractivity contribution in [1.29, 1.82) is 0 Å². The highest BCUT2D eigenvalue weighted by molar-refractivity contribution is 6.00. The van der Waals surface area contributed by atoms with E-state index in [4.69, 9.17) is 4.74 Å². The Bertz CT molecular complexity index is 1110. The normalized spacial score (nSPS) is 23.5. The van der Waals surface area contributed by atoms with Crippen molar-refractivity contribution in [3.8, 4) is 0 Å². The van der Waals surface area contributed by atoms with Gasteiger partial charge in [-0.3, -0.25) is 28.9 Å². The number of fused-ring (bicyclic) bond motifs is 1. The van der Waals surface area contributed by atoms with E-state index in [1.54, 1.807) is 16.2 Å². The summed E-state index contributed by atoms with van der Waals surface area (Å²) >= 11 is 0. The van der Waals surface area contributed by atoms with Gasteiger partial charge < -0.3 is 10.1 Å². The number of imide groups is 1. The van der Waals surface area contributed by atoms with Gasteiger partial charge >= 0.3 is 5.69 Å². The van der Waals surface area contributed by atoms with Crippen LogP contribution in [0, 0.1) is 5.92 Å². The van der Waals surface area contributed by atoms with E-state index in [0.29, 0.717) is 18.4 Å². The quantitative estimate of drug-likeness (QED) is 0.619. The van der Waals surface area contributed by atoms with Gasteiger partial charge in [-0.25, -0.2) is 4.79 Å². The Balaban J connectivity index is 1.26. The number of amides is 2.